The first kappa shape index (κ1) is 7.31. The highest BCUT2D eigenvalue weighted by Gasteiger charge is 2.48. The van der Waals surface area contributed by atoms with E-state index in [1.54, 1.807) is 0 Å². The molecule has 0 N–H and O–H groups in total. The van der Waals surface area contributed by atoms with Crippen LogP contribution in [0.3, 0.4) is 0 Å². The van der Waals surface area contributed by atoms with E-state index in [-0.39, 0.29) is 0 Å². The van der Waals surface area contributed by atoms with Gasteiger partial charge >= 0.3 is 0 Å². The molecule has 2 saturated heterocycles. The Kier molecular flexibility index (Phi) is 1.90. The topological polar surface area (TPSA) is 21.8 Å². The quantitative estimate of drug-likeness (QED) is 0.420. The number of hydrogen-bond donors (Lipinski definition) is 0. The molecular formula is C7H11IO2. The zero-order chi connectivity index (χ0) is 7.03. The van der Waals surface area contributed by atoms with Crippen LogP contribution in [0.5, 0.6) is 0 Å². The monoisotopic (exact) mass is 254 g/mol. The Morgan fingerprint density at radius 2 is 2.40 bits per heavy atom. The van der Waals surface area contributed by atoms with Gasteiger partial charge in [0.1, 0.15) is 0 Å². The summed E-state index contributed by atoms with van der Waals surface area (Å²) in [5, 5.41) is 0. The molecule has 0 aromatic heterocycles. The van der Waals surface area contributed by atoms with Crippen LogP contribution in [0, 0.1) is 5.41 Å². The molecule has 2 aliphatic heterocycles. The van der Waals surface area contributed by atoms with E-state index in [9.17, 15) is 0 Å². The molecule has 2 nitrogen and oxygen atoms in total. The molecule has 10 heavy (non-hydrogen) atoms. The Labute approximate surface area is 74.4 Å². The number of epoxide rings is 1. The van der Waals surface area contributed by atoms with Crippen molar-refractivity contribution in [2.24, 2.45) is 5.41 Å². The maximum atomic E-state index is 5.37. The lowest BCUT2D eigenvalue weighted by atomic mass is 9.86. The largest absolute Gasteiger partial charge is 0.381 e. The van der Waals surface area contributed by atoms with Crippen molar-refractivity contribution in [1.29, 1.82) is 0 Å². The molecular weight excluding hydrogens is 243 g/mol. The number of hydrogen-bond acceptors (Lipinski definition) is 2. The highest BCUT2D eigenvalue weighted by atomic mass is 127. The summed E-state index contributed by atoms with van der Waals surface area (Å²) in [6.07, 6.45) is 1.72. The van der Waals surface area contributed by atoms with Gasteiger partial charge in [-0.25, -0.2) is 0 Å². The first-order valence-corrected chi connectivity index (χ1v) is 5.15. The molecule has 0 radical (unpaired) electrons. The molecule has 2 aliphatic rings. The van der Waals surface area contributed by atoms with E-state index in [0.29, 0.717) is 11.5 Å². The second-order valence-corrected chi connectivity index (χ2v) is 3.88. The van der Waals surface area contributed by atoms with Gasteiger partial charge in [-0.1, -0.05) is 22.6 Å². The molecule has 2 heterocycles. The van der Waals surface area contributed by atoms with Crippen LogP contribution in [0.15, 0.2) is 0 Å². The van der Waals surface area contributed by atoms with Crippen molar-refractivity contribution in [3.8, 4) is 0 Å². The lowest BCUT2D eigenvalue weighted by molar-refractivity contribution is 0.143. The molecule has 2 rings (SSSR count). The number of alkyl halides is 1. The number of rotatable bonds is 2. The van der Waals surface area contributed by atoms with Gasteiger partial charge in [-0.2, -0.15) is 0 Å². The summed E-state index contributed by atoms with van der Waals surface area (Å²) in [4.78, 5) is 0. The molecule has 0 aromatic carbocycles. The fraction of sp³-hybridized carbons (Fsp3) is 1.00. The maximum absolute atomic E-state index is 5.37. The predicted octanol–water partition coefficient (Wildman–Crippen LogP) is 1.23. The SMILES string of the molecule is ICC1(C2CO2)CCOC1. The third kappa shape index (κ3) is 1.08. The van der Waals surface area contributed by atoms with Gasteiger partial charge in [-0.05, 0) is 6.42 Å². The Morgan fingerprint density at radius 1 is 1.60 bits per heavy atom. The molecule has 0 aliphatic carbocycles. The highest BCUT2D eigenvalue weighted by Crippen LogP contribution is 2.41. The summed E-state index contributed by atoms with van der Waals surface area (Å²) in [6, 6.07) is 0. The third-order valence-electron chi connectivity index (χ3n) is 2.42. The van der Waals surface area contributed by atoms with Crippen LogP contribution in [0.4, 0.5) is 0 Å². The molecule has 2 atom stereocenters. The van der Waals surface area contributed by atoms with Gasteiger partial charge in [0.25, 0.3) is 0 Å². The molecule has 0 bridgehead atoms. The summed E-state index contributed by atoms with van der Waals surface area (Å²) >= 11 is 2.44. The van der Waals surface area contributed by atoms with E-state index in [1.807, 2.05) is 0 Å². The van der Waals surface area contributed by atoms with Crippen LogP contribution in [-0.2, 0) is 9.47 Å². The van der Waals surface area contributed by atoms with Gasteiger partial charge in [0.15, 0.2) is 0 Å². The van der Waals surface area contributed by atoms with E-state index in [0.717, 1.165) is 19.8 Å². The van der Waals surface area contributed by atoms with Crippen LogP contribution in [-0.4, -0.2) is 30.4 Å². The Hall–Kier alpha value is 0.650. The summed E-state index contributed by atoms with van der Waals surface area (Å²) in [7, 11) is 0. The van der Waals surface area contributed by atoms with Crippen molar-refractivity contribution < 1.29 is 9.47 Å². The van der Waals surface area contributed by atoms with E-state index in [1.165, 1.54) is 10.8 Å². The molecule has 0 spiro atoms. The first-order valence-electron chi connectivity index (χ1n) is 3.63. The van der Waals surface area contributed by atoms with Gasteiger partial charge in [-0.15, -0.1) is 0 Å². The minimum Gasteiger partial charge on any atom is -0.381 e. The second kappa shape index (κ2) is 2.60. The lowest BCUT2D eigenvalue weighted by Gasteiger charge is -2.21. The zero-order valence-electron chi connectivity index (χ0n) is 5.81. The third-order valence-corrected chi connectivity index (χ3v) is 3.94. The molecule has 3 heteroatoms. The standard InChI is InChI=1S/C7H11IO2/c8-4-7(6-3-10-6)1-2-9-5-7/h6H,1-5H2. The minimum atomic E-state index is 0.389. The van der Waals surface area contributed by atoms with Crippen LogP contribution < -0.4 is 0 Å². The van der Waals surface area contributed by atoms with Gasteiger partial charge < -0.3 is 9.47 Å². The van der Waals surface area contributed by atoms with Crippen LogP contribution in [0.25, 0.3) is 0 Å². The summed E-state index contributed by atoms with van der Waals surface area (Å²) in [5.41, 5.74) is 0.389. The van der Waals surface area contributed by atoms with Crippen molar-refractivity contribution in [3.63, 3.8) is 0 Å². The predicted molar refractivity (Wildman–Crippen MR) is 46.5 cm³/mol. The normalized spacial score (nSPS) is 45.9. The van der Waals surface area contributed by atoms with Crippen molar-refractivity contribution in [2.45, 2.75) is 12.5 Å². The van der Waals surface area contributed by atoms with E-state index in [4.69, 9.17) is 9.47 Å². The van der Waals surface area contributed by atoms with Crippen molar-refractivity contribution >= 4 is 22.6 Å². The van der Waals surface area contributed by atoms with E-state index >= 15 is 0 Å². The van der Waals surface area contributed by atoms with Crippen molar-refractivity contribution in [2.75, 3.05) is 24.2 Å². The summed E-state index contributed by atoms with van der Waals surface area (Å²) < 4.78 is 11.8. The van der Waals surface area contributed by atoms with Gasteiger partial charge in [0, 0.05) is 16.4 Å². The zero-order valence-corrected chi connectivity index (χ0v) is 7.96. The molecule has 0 aromatic rings. The van der Waals surface area contributed by atoms with Gasteiger partial charge in [0.2, 0.25) is 0 Å². The summed E-state index contributed by atoms with van der Waals surface area (Å²) in [5.74, 6) is 0. The Balaban J connectivity index is 2.04. The second-order valence-electron chi connectivity index (χ2n) is 3.12. The molecule has 58 valence electrons. The van der Waals surface area contributed by atoms with Crippen LogP contribution in [0.1, 0.15) is 6.42 Å². The number of halogens is 1. The smallest absolute Gasteiger partial charge is 0.0896 e. The Morgan fingerprint density at radius 3 is 2.80 bits per heavy atom. The average molecular weight is 254 g/mol. The Bertz CT molecular complexity index is 128. The van der Waals surface area contributed by atoms with Crippen LogP contribution in [0.2, 0.25) is 0 Å². The highest BCUT2D eigenvalue weighted by molar-refractivity contribution is 14.1. The van der Waals surface area contributed by atoms with Gasteiger partial charge in [-0.3, -0.25) is 0 Å². The average Bonchev–Trinajstić information content (AvgIpc) is 2.71. The molecule has 2 fully saturated rings. The van der Waals surface area contributed by atoms with Crippen molar-refractivity contribution in [1.82, 2.24) is 0 Å². The molecule has 2 unspecified atom stereocenters. The lowest BCUT2D eigenvalue weighted by Crippen LogP contribution is -2.29. The fourth-order valence-electron chi connectivity index (χ4n) is 1.47. The number of ether oxygens (including phenoxy) is 2. The minimum absolute atomic E-state index is 0.389. The molecule has 0 amide bonds. The summed E-state index contributed by atoms with van der Waals surface area (Å²) in [6.45, 7) is 2.82. The molecule has 0 saturated carbocycles. The van der Waals surface area contributed by atoms with Gasteiger partial charge in [0.05, 0.1) is 19.3 Å². The van der Waals surface area contributed by atoms with Crippen molar-refractivity contribution in [3.05, 3.63) is 0 Å². The van der Waals surface area contributed by atoms with E-state index in [2.05, 4.69) is 22.6 Å². The fourth-order valence-corrected chi connectivity index (χ4v) is 2.56. The van der Waals surface area contributed by atoms with E-state index < -0.39 is 0 Å². The van der Waals surface area contributed by atoms with Crippen LogP contribution >= 0.6 is 22.6 Å². The maximum Gasteiger partial charge on any atom is 0.0896 e. The first-order chi connectivity index (χ1) is 4.87.